The first-order chi connectivity index (χ1) is 10.8. The monoisotopic (exact) mass is 288 g/mol. The lowest BCUT2D eigenvalue weighted by Crippen LogP contribution is -1.92. The third-order valence-electron chi connectivity index (χ3n) is 3.90. The zero-order valence-corrected chi connectivity index (χ0v) is 12.8. The van der Waals surface area contributed by atoms with Gasteiger partial charge in [-0.3, -0.25) is 0 Å². The van der Waals surface area contributed by atoms with Crippen LogP contribution < -0.4 is 4.74 Å². The van der Waals surface area contributed by atoms with Gasteiger partial charge in [-0.1, -0.05) is 66.7 Å². The molecule has 3 aromatic rings. The van der Waals surface area contributed by atoms with Crippen molar-refractivity contribution in [1.82, 2.24) is 0 Å². The Morgan fingerprint density at radius 1 is 0.636 bits per heavy atom. The highest BCUT2D eigenvalue weighted by Gasteiger charge is 2.00. The average molecular weight is 288 g/mol. The summed E-state index contributed by atoms with van der Waals surface area (Å²) in [7, 11) is 1.70. The predicted octanol–water partition coefficient (Wildman–Crippen LogP) is 5.15. The van der Waals surface area contributed by atoms with Gasteiger partial charge in [0.1, 0.15) is 5.75 Å². The molecule has 0 aliphatic heterocycles. The summed E-state index contributed by atoms with van der Waals surface area (Å²) in [5.74, 6) is 0.912. The van der Waals surface area contributed by atoms with Crippen LogP contribution in [0, 0.1) is 0 Å². The Hall–Kier alpha value is -2.54. The summed E-state index contributed by atoms with van der Waals surface area (Å²) in [6.07, 6.45) is 2.09. The lowest BCUT2D eigenvalue weighted by atomic mass is 9.99. The first kappa shape index (κ1) is 14.4. The molecular weight excluding hydrogens is 268 g/mol. The highest BCUT2D eigenvalue weighted by Crippen LogP contribution is 2.21. The highest BCUT2D eigenvalue weighted by molar-refractivity contribution is 5.63. The maximum atomic E-state index is 5.20. The van der Waals surface area contributed by atoms with Gasteiger partial charge in [0.15, 0.2) is 0 Å². The molecule has 3 rings (SSSR count). The molecule has 0 atom stereocenters. The molecule has 0 heterocycles. The van der Waals surface area contributed by atoms with Crippen molar-refractivity contribution in [3.8, 4) is 16.9 Å². The highest BCUT2D eigenvalue weighted by atomic mass is 16.5. The van der Waals surface area contributed by atoms with Gasteiger partial charge in [-0.05, 0) is 47.2 Å². The molecule has 0 fully saturated rings. The van der Waals surface area contributed by atoms with Crippen molar-refractivity contribution in [2.45, 2.75) is 12.8 Å². The standard InChI is InChI=1S/C21H20O/c1-22-21-14-12-17(13-15-21)10-11-18-6-5-9-20(16-18)19-7-3-2-4-8-19/h2-9,12-16H,10-11H2,1H3. The van der Waals surface area contributed by atoms with Gasteiger partial charge >= 0.3 is 0 Å². The van der Waals surface area contributed by atoms with Crippen LogP contribution in [-0.4, -0.2) is 7.11 Å². The molecule has 0 unspecified atom stereocenters. The fourth-order valence-electron chi connectivity index (χ4n) is 2.62. The van der Waals surface area contributed by atoms with Crippen LogP contribution in [0.5, 0.6) is 5.75 Å². The molecule has 0 aromatic heterocycles. The van der Waals surface area contributed by atoms with E-state index >= 15 is 0 Å². The van der Waals surface area contributed by atoms with Crippen LogP contribution in [-0.2, 0) is 12.8 Å². The van der Waals surface area contributed by atoms with E-state index in [9.17, 15) is 0 Å². The zero-order chi connectivity index (χ0) is 15.2. The van der Waals surface area contributed by atoms with Crippen LogP contribution in [0.4, 0.5) is 0 Å². The smallest absolute Gasteiger partial charge is 0.118 e. The Kier molecular flexibility index (Phi) is 4.55. The number of ether oxygens (including phenoxy) is 1. The van der Waals surface area contributed by atoms with Crippen molar-refractivity contribution >= 4 is 0 Å². The molecule has 0 aliphatic rings. The second-order valence-corrected chi connectivity index (χ2v) is 5.41. The maximum absolute atomic E-state index is 5.20. The lowest BCUT2D eigenvalue weighted by Gasteiger charge is -2.07. The van der Waals surface area contributed by atoms with Crippen molar-refractivity contribution in [2.75, 3.05) is 7.11 Å². The van der Waals surface area contributed by atoms with E-state index in [1.807, 2.05) is 12.1 Å². The normalized spacial score (nSPS) is 10.4. The average Bonchev–Trinajstić information content (AvgIpc) is 2.61. The number of rotatable bonds is 5. The minimum Gasteiger partial charge on any atom is -0.497 e. The van der Waals surface area contributed by atoms with Crippen LogP contribution in [0.2, 0.25) is 0 Å². The SMILES string of the molecule is COc1ccc(CCc2cccc(-c3ccccc3)c2)cc1. The molecule has 0 radical (unpaired) electrons. The van der Waals surface area contributed by atoms with E-state index in [-0.39, 0.29) is 0 Å². The van der Waals surface area contributed by atoms with Crippen LogP contribution >= 0.6 is 0 Å². The first-order valence-corrected chi connectivity index (χ1v) is 7.62. The van der Waals surface area contributed by atoms with E-state index in [1.165, 1.54) is 22.3 Å². The second-order valence-electron chi connectivity index (χ2n) is 5.41. The van der Waals surface area contributed by atoms with Crippen molar-refractivity contribution in [3.05, 3.63) is 90.0 Å². The van der Waals surface area contributed by atoms with Crippen LogP contribution in [0.1, 0.15) is 11.1 Å². The topological polar surface area (TPSA) is 9.23 Å². The Labute approximate surface area is 132 Å². The van der Waals surface area contributed by atoms with Gasteiger partial charge in [-0.25, -0.2) is 0 Å². The quantitative estimate of drug-likeness (QED) is 0.631. The summed E-state index contributed by atoms with van der Waals surface area (Å²) in [6.45, 7) is 0. The number of hydrogen-bond acceptors (Lipinski definition) is 1. The van der Waals surface area contributed by atoms with Crippen LogP contribution in [0.3, 0.4) is 0 Å². The molecule has 22 heavy (non-hydrogen) atoms. The summed E-state index contributed by atoms with van der Waals surface area (Å²) in [5.41, 5.74) is 5.27. The van der Waals surface area contributed by atoms with Gasteiger partial charge in [0.25, 0.3) is 0 Å². The Bertz CT molecular complexity index is 714. The van der Waals surface area contributed by atoms with Gasteiger partial charge in [0, 0.05) is 0 Å². The molecule has 1 nitrogen and oxygen atoms in total. The number of aryl methyl sites for hydroxylation is 2. The van der Waals surface area contributed by atoms with Crippen molar-refractivity contribution in [3.63, 3.8) is 0 Å². The predicted molar refractivity (Wildman–Crippen MR) is 92.3 cm³/mol. The number of hydrogen-bond donors (Lipinski definition) is 0. The third-order valence-corrected chi connectivity index (χ3v) is 3.90. The number of methoxy groups -OCH3 is 1. The summed E-state index contributed by atoms with van der Waals surface area (Å²) in [5, 5.41) is 0. The minimum absolute atomic E-state index is 0.912. The van der Waals surface area contributed by atoms with Crippen molar-refractivity contribution in [1.29, 1.82) is 0 Å². The molecule has 0 saturated carbocycles. The van der Waals surface area contributed by atoms with Crippen molar-refractivity contribution in [2.24, 2.45) is 0 Å². The largest absolute Gasteiger partial charge is 0.497 e. The lowest BCUT2D eigenvalue weighted by molar-refractivity contribution is 0.414. The minimum atomic E-state index is 0.912. The van der Waals surface area contributed by atoms with Crippen LogP contribution in [0.15, 0.2) is 78.9 Å². The molecular formula is C21H20O. The molecule has 0 aliphatic carbocycles. The molecule has 0 bridgehead atoms. The fraction of sp³-hybridized carbons (Fsp3) is 0.143. The summed E-state index contributed by atoms with van der Waals surface area (Å²) in [4.78, 5) is 0. The summed E-state index contributed by atoms with van der Waals surface area (Å²) >= 11 is 0. The van der Waals surface area contributed by atoms with Gasteiger partial charge in [-0.2, -0.15) is 0 Å². The molecule has 3 aromatic carbocycles. The van der Waals surface area contributed by atoms with E-state index in [0.717, 1.165) is 18.6 Å². The van der Waals surface area contributed by atoms with Gasteiger partial charge in [0.05, 0.1) is 7.11 Å². The Balaban J connectivity index is 1.70. The Morgan fingerprint density at radius 2 is 1.32 bits per heavy atom. The van der Waals surface area contributed by atoms with E-state index in [1.54, 1.807) is 7.11 Å². The summed E-state index contributed by atoms with van der Waals surface area (Å²) < 4.78 is 5.20. The Morgan fingerprint density at radius 3 is 2.05 bits per heavy atom. The fourth-order valence-corrected chi connectivity index (χ4v) is 2.62. The molecule has 110 valence electrons. The first-order valence-electron chi connectivity index (χ1n) is 7.62. The van der Waals surface area contributed by atoms with Crippen molar-refractivity contribution < 1.29 is 4.74 Å². The summed E-state index contributed by atoms with van der Waals surface area (Å²) in [6, 6.07) is 27.7. The molecule has 0 amide bonds. The van der Waals surface area contributed by atoms with E-state index < -0.39 is 0 Å². The van der Waals surface area contributed by atoms with Crippen LogP contribution in [0.25, 0.3) is 11.1 Å². The third kappa shape index (κ3) is 3.56. The molecule has 0 spiro atoms. The molecule has 1 heteroatoms. The molecule has 0 saturated heterocycles. The van der Waals surface area contributed by atoms with E-state index in [2.05, 4.69) is 66.7 Å². The second kappa shape index (κ2) is 6.95. The van der Waals surface area contributed by atoms with E-state index in [0.29, 0.717) is 0 Å². The molecule has 0 N–H and O–H groups in total. The van der Waals surface area contributed by atoms with Gasteiger partial charge in [0.2, 0.25) is 0 Å². The van der Waals surface area contributed by atoms with E-state index in [4.69, 9.17) is 4.74 Å². The number of benzene rings is 3. The van der Waals surface area contributed by atoms with Gasteiger partial charge < -0.3 is 4.74 Å². The maximum Gasteiger partial charge on any atom is 0.118 e. The van der Waals surface area contributed by atoms with Gasteiger partial charge in [-0.15, -0.1) is 0 Å². The zero-order valence-electron chi connectivity index (χ0n) is 12.8.